The van der Waals surface area contributed by atoms with Crippen molar-refractivity contribution in [2.45, 2.75) is 6.92 Å². The number of rotatable bonds is 3. The van der Waals surface area contributed by atoms with E-state index < -0.39 is 0 Å². The van der Waals surface area contributed by atoms with Gasteiger partial charge in [0.15, 0.2) is 5.96 Å². The van der Waals surface area contributed by atoms with Crippen molar-refractivity contribution in [3.8, 4) is 0 Å². The molecule has 7 heteroatoms. The summed E-state index contributed by atoms with van der Waals surface area (Å²) < 4.78 is 0. The lowest BCUT2D eigenvalue weighted by Gasteiger charge is -2.34. The SMILES string of the molecule is CN=C(NC)NCCN1CCN(C(C)=O)CC1.I. The molecule has 0 aromatic rings. The molecule has 1 saturated heterocycles. The molecule has 106 valence electrons. The Morgan fingerprint density at radius 3 is 2.33 bits per heavy atom. The second kappa shape index (κ2) is 9.37. The van der Waals surface area contributed by atoms with Crippen molar-refractivity contribution in [1.29, 1.82) is 0 Å². The fourth-order valence-corrected chi connectivity index (χ4v) is 1.90. The molecule has 6 nitrogen and oxygen atoms in total. The molecular formula is C11H24IN5O. The number of halogens is 1. The van der Waals surface area contributed by atoms with Gasteiger partial charge in [-0.05, 0) is 0 Å². The number of aliphatic imine (C=N–C) groups is 1. The van der Waals surface area contributed by atoms with Gasteiger partial charge >= 0.3 is 0 Å². The minimum Gasteiger partial charge on any atom is -0.359 e. The summed E-state index contributed by atoms with van der Waals surface area (Å²) in [6, 6.07) is 0. The average molecular weight is 369 g/mol. The number of carbonyl (C=O) groups is 1. The van der Waals surface area contributed by atoms with Gasteiger partial charge in [0.25, 0.3) is 0 Å². The summed E-state index contributed by atoms with van der Waals surface area (Å²) in [5, 5.41) is 6.20. The second-order valence-corrected chi connectivity index (χ2v) is 4.10. The molecule has 1 aliphatic rings. The molecule has 0 radical (unpaired) electrons. The topological polar surface area (TPSA) is 60.0 Å². The summed E-state index contributed by atoms with van der Waals surface area (Å²) in [6.07, 6.45) is 0. The molecule has 0 spiro atoms. The van der Waals surface area contributed by atoms with Crippen LogP contribution in [0.4, 0.5) is 0 Å². The van der Waals surface area contributed by atoms with E-state index >= 15 is 0 Å². The Morgan fingerprint density at radius 1 is 1.28 bits per heavy atom. The molecule has 0 atom stereocenters. The van der Waals surface area contributed by atoms with E-state index in [2.05, 4.69) is 20.5 Å². The van der Waals surface area contributed by atoms with Crippen LogP contribution in [0, 0.1) is 0 Å². The van der Waals surface area contributed by atoms with Crippen molar-refractivity contribution in [1.82, 2.24) is 20.4 Å². The van der Waals surface area contributed by atoms with Crippen LogP contribution in [-0.2, 0) is 4.79 Å². The van der Waals surface area contributed by atoms with Crippen molar-refractivity contribution in [3.63, 3.8) is 0 Å². The van der Waals surface area contributed by atoms with Crippen LogP contribution in [0.25, 0.3) is 0 Å². The number of carbonyl (C=O) groups excluding carboxylic acids is 1. The van der Waals surface area contributed by atoms with Crippen LogP contribution in [0.1, 0.15) is 6.92 Å². The third kappa shape index (κ3) is 5.85. The molecule has 1 heterocycles. The third-order valence-electron chi connectivity index (χ3n) is 3.00. The predicted molar refractivity (Wildman–Crippen MR) is 84.5 cm³/mol. The zero-order valence-corrected chi connectivity index (χ0v) is 13.7. The standard InChI is InChI=1S/C11H23N5O.HI/c1-10(17)16-8-6-15(7-9-16)5-4-14-11(12-2)13-3;/h4-9H2,1-3H3,(H2,12,13,14);1H. The molecular weight excluding hydrogens is 345 g/mol. The number of guanidine groups is 1. The van der Waals surface area contributed by atoms with E-state index in [-0.39, 0.29) is 29.9 Å². The minimum absolute atomic E-state index is 0. The predicted octanol–water partition coefficient (Wildman–Crippen LogP) is -0.437. The highest BCUT2D eigenvalue weighted by atomic mass is 127. The molecule has 1 amide bonds. The van der Waals surface area contributed by atoms with E-state index in [1.54, 1.807) is 14.0 Å². The minimum atomic E-state index is 0. The molecule has 2 N–H and O–H groups in total. The van der Waals surface area contributed by atoms with Crippen LogP contribution in [0.2, 0.25) is 0 Å². The van der Waals surface area contributed by atoms with E-state index in [0.717, 1.165) is 45.2 Å². The summed E-state index contributed by atoms with van der Waals surface area (Å²) in [6.45, 7) is 7.08. The molecule has 18 heavy (non-hydrogen) atoms. The van der Waals surface area contributed by atoms with Crippen LogP contribution in [0.3, 0.4) is 0 Å². The Labute approximate surface area is 126 Å². The first-order valence-corrected chi connectivity index (χ1v) is 6.03. The van der Waals surface area contributed by atoms with Crippen LogP contribution in [-0.4, -0.2) is 75.0 Å². The molecule has 0 unspecified atom stereocenters. The number of nitrogens with one attached hydrogen (secondary N) is 2. The van der Waals surface area contributed by atoms with Crippen molar-refractivity contribution in [2.24, 2.45) is 4.99 Å². The fraction of sp³-hybridized carbons (Fsp3) is 0.818. The van der Waals surface area contributed by atoms with E-state index in [1.165, 1.54) is 0 Å². The molecule has 0 aromatic carbocycles. The maximum absolute atomic E-state index is 11.2. The number of hydrogen-bond acceptors (Lipinski definition) is 3. The molecule has 0 bridgehead atoms. The Hall–Kier alpha value is -0.570. The lowest BCUT2D eigenvalue weighted by atomic mass is 10.3. The number of piperazine rings is 1. The second-order valence-electron chi connectivity index (χ2n) is 4.10. The fourth-order valence-electron chi connectivity index (χ4n) is 1.90. The van der Waals surface area contributed by atoms with Gasteiger partial charge in [0.1, 0.15) is 0 Å². The third-order valence-corrected chi connectivity index (χ3v) is 3.00. The van der Waals surface area contributed by atoms with Crippen molar-refractivity contribution >= 4 is 35.8 Å². The number of nitrogens with zero attached hydrogens (tertiary/aromatic N) is 3. The first-order chi connectivity index (χ1) is 8.17. The van der Waals surface area contributed by atoms with Gasteiger partial charge in [-0.2, -0.15) is 0 Å². The maximum atomic E-state index is 11.2. The van der Waals surface area contributed by atoms with Gasteiger partial charge in [-0.15, -0.1) is 24.0 Å². The van der Waals surface area contributed by atoms with Gasteiger partial charge in [-0.1, -0.05) is 0 Å². The van der Waals surface area contributed by atoms with E-state index in [1.807, 2.05) is 11.9 Å². The molecule has 1 aliphatic heterocycles. The lowest BCUT2D eigenvalue weighted by molar-refractivity contribution is -0.130. The van der Waals surface area contributed by atoms with Crippen molar-refractivity contribution in [2.75, 3.05) is 53.4 Å². The summed E-state index contributed by atoms with van der Waals surface area (Å²) in [5.74, 6) is 0.991. The van der Waals surface area contributed by atoms with Crippen LogP contribution in [0.5, 0.6) is 0 Å². The zero-order chi connectivity index (χ0) is 12.7. The van der Waals surface area contributed by atoms with Gasteiger partial charge in [0.2, 0.25) is 5.91 Å². The normalized spacial score (nSPS) is 17.1. The largest absolute Gasteiger partial charge is 0.359 e. The van der Waals surface area contributed by atoms with Crippen molar-refractivity contribution < 1.29 is 4.79 Å². The molecule has 0 saturated carbocycles. The summed E-state index contributed by atoms with van der Waals surface area (Å²) in [4.78, 5) is 19.5. The molecule has 0 aromatic heterocycles. The summed E-state index contributed by atoms with van der Waals surface area (Å²) >= 11 is 0. The van der Waals surface area contributed by atoms with Gasteiger partial charge < -0.3 is 15.5 Å². The van der Waals surface area contributed by atoms with E-state index in [4.69, 9.17) is 0 Å². The Kier molecular flexibility index (Phi) is 9.08. The van der Waals surface area contributed by atoms with Crippen molar-refractivity contribution in [3.05, 3.63) is 0 Å². The van der Waals surface area contributed by atoms with Gasteiger partial charge in [0.05, 0.1) is 0 Å². The quantitative estimate of drug-likeness (QED) is 0.403. The molecule has 0 aliphatic carbocycles. The van der Waals surface area contributed by atoms with Gasteiger partial charge in [0, 0.05) is 60.3 Å². The lowest BCUT2D eigenvalue weighted by Crippen LogP contribution is -2.50. The summed E-state index contributed by atoms with van der Waals surface area (Å²) in [7, 11) is 3.60. The summed E-state index contributed by atoms with van der Waals surface area (Å²) in [5.41, 5.74) is 0. The molecule has 1 rings (SSSR count). The van der Waals surface area contributed by atoms with Gasteiger partial charge in [-0.25, -0.2) is 0 Å². The van der Waals surface area contributed by atoms with E-state index in [0.29, 0.717) is 0 Å². The highest BCUT2D eigenvalue weighted by Gasteiger charge is 2.17. The van der Waals surface area contributed by atoms with Gasteiger partial charge in [-0.3, -0.25) is 14.7 Å². The number of hydrogen-bond donors (Lipinski definition) is 2. The smallest absolute Gasteiger partial charge is 0.219 e. The van der Waals surface area contributed by atoms with Crippen LogP contribution >= 0.6 is 24.0 Å². The monoisotopic (exact) mass is 369 g/mol. The van der Waals surface area contributed by atoms with Crippen LogP contribution < -0.4 is 10.6 Å². The highest BCUT2D eigenvalue weighted by molar-refractivity contribution is 14.0. The highest BCUT2D eigenvalue weighted by Crippen LogP contribution is 2.00. The van der Waals surface area contributed by atoms with Crippen LogP contribution in [0.15, 0.2) is 4.99 Å². The Balaban J connectivity index is 0.00000289. The Morgan fingerprint density at radius 2 is 1.89 bits per heavy atom. The zero-order valence-electron chi connectivity index (χ0n) is 11.4. The average Bonchev–Trinajstić information content (AvgIpc) is 2.35. The van der Waals surface area contributed by atoms with E-state index in [9.17, 15) is 4.79 Å². The first-order valence-electron chi connectivity index (χ1n) is 6.03. The Bertz CT molecular complexity index is 277. The number of amides is 1. The maximum Gasteiger partial charge on any atom is 0.219 e. The molecule has 1 fully saturated rings. The first kappa shape index (κ1) is 17.4.